The maximum atomic E-state index is 11.8. The molecule has 1 N–H and O–H groups in total. The summed E-state index contributed by atoms with van der Waals surface area (Å²) in [7, 11) is 0. The lowest BCUT2D eigenvalue weighted by Crippen LogP contribution is -2.25. The van der Waals surface area contributed by atoms with E-state index in [0.29, 0.717) is 12.2 Å². The van der Waals surface area contributed by atoms with Crippen LogP contribution in [0.15, 0.2) is 24.0 Å². The van der Waals surface area contributed by atoms with Crippen LogP contribution >= 0.6 is 11.3 Å². The molecule has 0 aliphatic carbocycles. The number of thiazole rings is 1. The highest BCUT2D eigenvalue weighted by Crippen LogP contribution is 2.24. The van der Waals surface area contributed by atoms with Gasteiger partial charge in [-0.1, -0.05) is 0 Å². The lowest BCUT2D eigenvalue weighted by atomic mass is 10.1. The third-order valence-corrected chi connectivity index (χ3v) is 4.16. The molecule has 8 heteroatoms. The zero-order valence-electron chi connectivity index (χ0n) is 11.0. The summed E-state index contributed by atoms with van der Waals surface area (Å²) in [5.41, 5.74) is 1.42. The molecule has 1 aliphatic rings. The maximum Gasteiger partial charge on any atom is 0.308 e. The number of likely N-dealkylation sites (tertiary alicyclic amines) is 1. The molecule has 0 aromatic carbocycles. The standard InChI is InChI=1S/C13H12N4O3S/c18-11-3-8(13(19)20)5-17(11)6-9-7-21-12(16-9)10-4-14-1-2-15-10/h1-2,4,7-8H,3,5-6H2,(H,19,20). The fourth-order valence-electron chi connectivity index (χ4n) is 2.19. The Balaban J connectivity index is 1.71. The fraction of sp³-hybridized carbons (Fsp3) is 0.308. The average Bonchev–Trinajstić information content (AvgIpc) is 3.08. The molecule has 21 heavy (non-hydrogen) atoms. The lowest BCUT2D eigenvalue weighted by molar-refractivity contribution is -0.141. The topological polar surface area (TPSA) is 96.3 Å². The molecule has 3 rings (SSSR count). The molecule has 2 aromatic heterocycles. The number of carbonyl (C=O) groups excluding carboxylic acids is 1. The smallest absolute Gasteiger partial charge is 0.308 e. The predicted molar refractivity (Wildman–Crippen MR) is 74.3 cm³/mol. The van der Waals surface area contributed by atoms with Crippen LogP contribution in [0.1, 0.15) is 12.1 Å². The van der Waals surface area contributed by atoms with Crippen molar-refractivity contribution in [1.82, 2.24) is 19.9 Å². The van der Waals surface area contributed by atoms with Crippen molar-refractivity contribution in [3.8, 4) is 10.7 Å². The van der Waals surface area contributed by atoms with E-state index in [0.717, 1.165) is 10.7 Å². The largest absolute Gasteiger partial charge is 0.481 e. The Labute approximate surface area is 124 Å². The van der Waals surface area contributed by atoms with E-state index in [1.165, 1.54) is 16.2 Å². The number of hydrogen-bond donors (Lipinski definition) is 1. The van der Waals surface area contributed by atoms with Gasteiger partial charge < -0.3 is 10.0 Å². The molecule has 3 heterocycles. The summed E-state index contributed by atoms with van der Waals surface area (Å²) in [5.74, 6) is -1.68. The summed E-state index contributed by atoms with van der Waals surface area (Å²) in [5, 5.41) is 11.5. The second-order valence-electron chi connectivity index (χ2n) is 4.75. The van der Waals surface area contributed by atoms with Gasteiger partial charge in [-0.3, -0.25) is 19.6 Å². The molecular weight excluding hydrogens is 292 g/mol. The summed E-state index contributed by atoms with van der Waals surface area (Å²) >= 11 is 1.43. The molecule has 1 unspecified atom stereocenters. The van der Waals surface area contributed by atoms with Crippen LogP contribution in [0.3, 0.4) is 0 Å². The molecule has 1 aliphatic heterocycles. The predicted octanol–water partition coefficient (Wildman–Crippen LogP) is 1.03. The van der Waals surface area contributed by atoms with Gasteiger partial charge in [0.1, 0.15) is 10.7 Å². The van der Waals surface area contributed by atoms with E-state index in [2.05, 4.69) is 15.0 Å². The second kappa shape index (κ2) is 5.57. The van der Waals surface area contributed by atoms with Gasteiger partial charge in [0, 0.05) is 30.7 Å². The number of aliphatic carboxylic acids is 1. The fourth-order valence-corrected chi connectivity index (χ4v) is 2.96. The Morgan fingerprint density at radius 2 is 2.33 bits per heavy atom. The zero-order valence-corrected chi connectivity index (χ0v) is 11.8. The molecule has 0 saturated carbocycles. The second-order valence-corrected chi connectivity index (χ2v) is 5.61. The van der Waals surface area contributed by atoms with Gasteiger partial charge >= 0.3 is 5.97 Å². The highest BCUT2D eigenvalue weighted by Gasteiger charge is 2.34. The number of carboxylic acids is 1. The molecule has 0 spiro atoms. The van der Waals surface area contributed by atoms with Crippen molar-refractivity contribution in [2.45, 2.75) is 13.0 Å². The number of carbonyl (C=O) groups is 2. The molecular formula is C13H12N4O3S. The van der Waals surface area contributed by atoms with Gasteiger partial charge in [-0.25, -0.2) is 4.98 Å². The normalized spacial score (nSPS) is 18.2. The Kier molecular flexibility index (Phi) is 3.61. The molecule has 1 atom stereocenters. The van der Waals surface area contributed by atoms with Crippen molar-refractivity contribution >= 4 is 23.2 Å². The Morgan fingerprint density at radius 3 is 3.00 bits per heavy atom. The monoisotopic (exact) mass is 304 g/mol. The van der Waals surface area contributed by atoms with Crippen LogP contribution in [-0.4, -0.2) is 43.4 Å². The Morgan fingerprint density at radius 1 is 1.48 bits per heavy atom. The van der Waals surface area contributed by atoms with E-state index in [-0.39, 0.29) is 18.9 Å². The van der Waals surface area contributed by atoms with Gasteiger partial charge in [-0.2, -0.15) is 0 Å². The summed E-state index contributed by atoms with van der Waals surface area (Å²) in [6.07, 6.45) is 4.88. The minimum absolute atomic E-state index is 0.0660. The third kappa shape index (κ3) is 2.89. The summed E-state index contributed by atoms with van der Waals surface area (Å²) < 4.78 is 0. The van der Waals surface area contributed by atoms with Crippen LogP contribution < -0.4 is 0 Å². The third-order valence-electron chi connectivity index (χ3n) is 3.25. The van der Waals surface area contributed by atoms with Gasteiger partial charge in [0.15, 0.2) is 0 Å². The highest BCUT2D eigenvalue weighted by atomic mass is 32.1. The molecule has 1 fully saturated rings. The summed E-state index contributed by atoms with van der Waals surface area (Å²) in [4.78, 5) is 36.8. The minimum Gasteiger partial charge on any atom is -0.481 e. The average molecular weight is 304 g/mol. The Bertz CT molecular complexity index is 673. The van der Waals surface area contributed by atoms with Gasteiger partial charge in [-0.05, 0) is 0 Å². The molecule has 0 bridgehead atoms. The first-order valence-corrected chi connectivity index (χ1v) is 7.23. The van der Waals surface area contributed by atoms with Gasteiger partial charge in [0.05, 0.1) is 24.4 Å². The molecule has 1 saturated heterocycles. The first-order chi connectivity index (χ1) is 10.1. The van der Waals surface area contributed by atoms with Crippen LogP contribution in [0.25, 0.3) is 10.7 Å². The first kappa shape index (κ1) is 13.6. The van der Waals surface area contributed by atoms with E-state index < -0.39 is 11.9 Å². The SMILES string of the molecule is O=C(O)C1CC(=O)N(Cc2csc(-c3cnccn3)n2)C1. The quantitative estimate of drug-likeness (QED) is 0.906. The van der Waals surface area contributed by atoms with E-state index in [9.17, 15) is 9.59 Å². The van der Waals surface area contributed by atoms with E-state index in [1.54, 1.807) is 18.6 Å². The summed E-state index contributed by atoms with van der Waals surface area (Å²) in [6.45, 7) is 0.575. The van der Waals surface area contributed by atoms with Crippen LogP contribution in [0, 0.1) is 5.92 Å². The lowest BCUT2D eigenvalue weighted by Gasteiger charge is -2.13. The van der Waals surface area contributed by atoms with Crippen molar-refractivity contribution in [2.75, 3.05) is 6.54 Å². The minimum atomic E-state index is -0.927. The van der Waals surface area contributed by atoms with Crippen LogP contribution in [0.2, 0.25) is 0 Å². The maximum absolute atomic E-state index is 11.8. The molecule has 108 valence electrons. The van der Waals surface area contributed by atoms with Gasteiger partial charge in [0.2, 0.25) is 5.91 Å². The molecule has 1 amide bonds. The highest BCUT2D eigenvalue weighted by molar-refractivity contribution is 7.13. The molecule has 7 nitrogen and oxygen atoms in total. The number of hydrogen-bond acceptors (Lipinski definition) is 6. The molecule has 2 aromatic rings. The Hall–Kier alpha value is -2.35. The van der Waals surface area contributed by atoms with E-state index >= 15 is 0 Å². The van der Waals surface area contributed by atoms with Crippen LogP contribution in [-0.2, 0) is 16.1 Å². The number of amides is 1. The molecule has 0 radical (unpaired) electrons. The van der Waals surface area contributed by atoms with Crippen molar-refractivity contribution in [3.63, 3.8) is 0 Å². The number of carboxylic acid groups (broad SMARTS) is 1. The first-order valence-electron chi connectivity index (χ1n) is 6.35. The van der Waals surface area contributed by atoms with Crippen molar-refractivity contribution in [1.29, 1.82) is 0 Å². The van der Waals surface area contributed by atoms with Gasteiger partial charge in [-0.15, -0.1) is 11.3 Å². The van der Waals surface area contributed by atoms with E-state index in [4.69, 9.17) is 5.11 Å². The van der Waals surface area contributed by atoms with Crippen LogP contribution in [0.4, 0.5) is 0 Å². The van der Waals surface area contributed by atoms with E-state index in [1.807, 2.05) is 5.38 Å². The van der Waals surface area contributed by atoms with Gasteiger partial charge in [0.25, 0.3) is 0 Å². The number of rotatable bonds is 4. The zero-order chi connectivity index (χ0) is 14.8. The van der Waals surface area contributed by atoms with Crippen molar-refractivity contribution in [2.24, 2.45) is 5.92 Å². The summed E-state index contributed by atoms with van der Waals surface area (Å²) in [6, 6.07) is 0. The van der Waals surface area contributed by atoms with Crippen molar-refractivity contribution in [3.05, 3.63) is 29.7 Å². The van der Waals surface area contributed by atoms with Crippen LogP contribution in [0.5, 0.6) is 0 Å². The van der Waals surface area contributed by atoms with Crippen molar-refractivity contribution < 1.29 is 14.7 Å². The number of aromatic nitrogens is 3. The number of nitrogens with zero attached hydrogens (tertiary/aromatic N) is 4.